The van der Waals surface area contributed by atoms with Crippen molar-refractivity contribution in [2.75, 3.05) is 13.1 Å². The molecule has 134 valence electrons. The van der Waals surface area contributed by atoms with Gasteiger partial charge in [0.2, 0.25) is 15.9 Å². The lowest BCUT2D eigenvalue weighted by Gasteiger charge is -2.27. The van der Waals surface area contributed by atoms with Crippen molar-refractivity contribution in [3.63, 3.8) is 0 Å². The van der Waals surface area contributed by atoms with Crippen molar-refractivity contribution in [1.82, 2.24) is 9.62 Å². The molecule has 1 atom stereocenters. The zero-order valence-corrected chi connectivity index (χ0v) is 15.0. The van der Waals surface area contributed by atoms with Crippen LogP contribution >= 0.6 is 0 Å². The van der Waals surface area contributed by atoms with Gasteiger partial charge in [-0.25, -0.2) is 8.42 Å². The van der Waals surface area contributed by atoms with E-state index in [9.17, 15) is 13.2 Å². The molecule has 1 saturated heterocycles. The van der Waals surface area contributed by atoms with Crippen LogP contribution in [0.25, 0.3) is 0 Å². The second-order valence-corrected chi connectivity index (χ2v) is 8.09. The lowest BCUT2D eigenvalue weighted by atomic mass is 10.1. The number of nitrogens with one attached hydrogen (secondary N) is 1. The van der Waals surface area contributed by atoms with Gasteiger partial charge >= 0.3 is 0 Å². The van der Waals surface area contributed by atoms with Crippen molar-refractivity contribution in [2.45, 2.75) is 56.5 Å². The van der Waals surface area contributed by atoms with E-state index in [1.54, 1.807) is 28.6 Å². The van der Waals surface area contributed by atoms with E-state index in [1.165, 1.54) is 0 Å². The predicted octanol–water partition coefficient (Wildman–Crippen LogP) is 1.60. The SMILES string of the molecule is CCCC(N)C(=O)NCc1ccccc1S(=O)(=O)N1CCCCC1. The molecule has 1 fully saturated rings. The molecule has 1 amide bonds. The Kier molecular flexibility index (Phi) is 6.77. The topological polar surface area (TPSA) is 92.5 Å². The Morgan fingerprint density at radius 3 is 2.58 bits per heavy atom. The number of benzene rings is 1. The van der Waals surface area contributed by atoms with Crippen molar-refractivity contribution in [3.8, 4) is 0 Å². The van der Waals surface area contributed by atoms with Crippen LogP contribution in [0.4, 0.5) is 0 Å². The summed E-state index contributed by atoms with van der Waals surface area (Å²) in [5, 5.41) is 2.75. The largest absolute Gasteiger partial charge is 0.351 e. The Morgan fingerprint density at radius 1 is 1.25 bits per heavy atom. The normalized spacial score (nSPS) is 17.4. The van der Waals surface area contributed by atoms with Crippen molar-refractivity contribution in [2.24, 2.45) is 5.73 Å². The second-order valence-electron chi connectivity index (χ2n) is 6.19. The number of nitrogens with zero attached hydrogens (tertiary/aromatic N) is 1. The number of piperidine rings is 1. The Bertz CT molecular complexity index is 655. The molecule has 0 bridgehead atoms. The van der Waals surface area contributed by atoms with Crippen LogP contribution in [0.5, 0.6) is 0 Å². The molecule has 1 aromatic rings. The summed E-state index contributed by atoms with van der Waals surface area (Å²) in [6, 6.07) is 6.29. The van der Waals surface area contributed by atoms with E-state index in [0.717, 1.165) is 25.7 Å². The third kappa shape index (κ3) is 4.55. The van der Waals surface area contributed by atoms with Gasteiger partial charge < -0.3 is 11.1 Å². The van der Waals surface area contributed by atoms with Gasteiger partial charge in [0.25, 0.3) is 0 Å². The first-order valence-electron chi connectivity index (χ1n) is 8.58. The molecule has 6 nitrogen and oxygen atoms in total. The van der Waals surface area contributed by atoms with E-state index in [1.807, 2.05) is 6.92 Å². The molecule has 1 aliphatic rings. The van der Waals surface area contributed by atoms with Gasteiger partial charge in [-0.2, -0.15) is 4.31 Å². The maximum atomic E-state index is 12.9. The van der Waals surface area contributed by atoms with Gasteiger partial charge in [0, 0.05) is 19.6 Å². The number of carbonyl (C=O) groups is 1. The number of carbonyl (C=O) groups excluding carboxylic acids is 1. The highest BCUT2D eigenvalue weighted by Gasteiger charge is 2.28. The number of hydrogen-bond donors (Lipinski definition) is 2. The second kappa shape index (κ2) is 8.60. The summed E-state index contributed by atoms with van der Waals surface area (Å²) < 4.78 is 27.3. The molecule has 0 aromatic heterocycles. The molecule has 7 heteroatoms. The summed E-state index contributed by atoms with van der Waals surface area (Å²) in [6.07, 6.45) is 4.29. The van der Waals surface area contributed by atoms with Crippen molar-refractivity contribution in [1.29, 1.82) is 0 Å². The van der Waals surface area contributed by atoms with E-state index in [-0.39, 0.29) is 17.3 Å². The summed E-state index contributed by atoms with van der Waals surface area (Å²) in [6.45, 7) is 3.25. The lowest BCUT2D eigenvalue weighted by molar-refractivity contribution is -0.122. The number of amides is 1. The zero-order valence-electron chi connectivity index (χ0n) is 14.2. The molecule has 1 aromatic carbocycles. The monoisotopic (exact) mass is 353 g/mol. The average Bonchev–Trinajstić information content (AvgIpc) is 2.60. The predicted molar refractivity (Wildman–Crippen MR) is 93.8 cm³/mol. The summed E-state index contributed by atoms with van der Waals surface area (Å²) in [7, 11) is -3.52. The molecule has 1 aliphatic heterocycles. The fourth-order valence-corrected chi connectivity index (χ4v) is 4.64. The Balaban J connectivity index is 2.13. The van der Waals surface area contributed by atoms with Crippen LogP contribution in [0.2, 0.25) is 0 Å². The number of nitrogens with two attached hydrogens (primary N) is 1. The molecule has 1 unspecified atom stereocenters. The molecule has 3 N–H and O–H groups in total. The van der Waals surface area contributed by atoms with Gasteiger partial charge in [-0.1, -0.05) is 38.0 Å². The molecule has 0 spiro atoms. The van der Waals surface area contributed by atoms with Crippen LogP contribution in [-0.2, 0) is 21.4 Å². The maximum Gasteiger partial charge on any atom is 0.243 e. The third-order valence-corrected chi connectivity index (χ3v) is 6.29. The van der Waals surface area contributed by atoms with Crippen molar-refractivity contribution in [3.05, 3.63) is 29.8 Å². The Labute approximate surface area is 144 Å². The minimum Gasteiger partial charge on any atom is -0.351 e. The van der Waals surface area contributed by atoms with Gasteiger partial charge in [0.15, 0.2) is 0 Å². The van der Waals surface area contributed by atoms with Crippen LogP contribution in [0, 0.1) is 0 Å². The first kappa shape index (κ1) is 18.9. The van der Waals surface area contributed by atoms with Crippen LogP contribution in [0.15, 0.2) is 29.2 Å². The minimum absolute atomic E-state index is 0.166. The van der Waals surface area contributed by atoms with Crippen molar-refractivity contribution >= 4 is 15.9 Å². The van der Waals surface area contributed by atoms with E-state index < -0.39 is 16.1 Å². The van der Waals surface area contributed by atoms with E-state index in [0.29, 0.717) is 25.1 Å². The van der Waals surface area contributed by atoms with Gasteiger partial charge in [-0.05, 0) is 30.9 Å². The van der Waals surface area contributed by atoms with E-state index in [4.69, 9.17) is 5.73 Å². The molecule has 1 heterocycles. The highest BCUT2D eigenvalue weighted by atomic mass is 32.2. The molecular weight excluding hydrogens is 326 g/mol. The molecule has 24 heavy (non-hydrogen) atoms. The fraction of sp³-hybridized carbons (Fsp3) is 0.588. The van der Waals surface area contributed by atoms with Crippen LogP contribution in [0.3, 0.4) is 0 Å². The maximum absolute atomic E-state index is 12.9. The zero-order chi connectivity index (χ0) is 17.6. The molecule has 0 radical (unpaired) electrons. The molecule has 2 rings (SSSR count). The minimum atomic E-state index is -3.52. The molecular formula is C17H27N3O3S. The first-order chi connectivity index (χ1) is 11.5. The van der Waals surface area contributed by atoms with Gasteiger partial charge in [-0.3, -0.25) is 4.79 Å². The van der Waals surface area contributed by atoms with Gasteiger partial charge in [0.1, 0.15) is 0 Å². The van der Waals surface area contributed by atoms with E-state index >= 15 is 0 Å². The van der Waals surface area contributed by atoms with Crippen LogP contribution < -0.4 is 11.1 Å². The van der Waals surface area contributed by atoms with Gasteiger partial charge in [0.05, 0.1) is 10.9 Å². The molecule has 0 saturated carbocycles. The van der Waals surface area contributed by atoms with Crippen LogP contribution in [0.1, 0.15) is 44.6 Å². The highest BCUT2D eigenvalue weighted by molar-refractivity contribution is 7.89. The number of rotatable bonds is 7. The Hall–Kier alpha value is -1.44. The third-order valence-electron chi connectivity index (χ3n) is 4.29. The standard InChI is InChI=1S/C17H27N3O3S/c1-2-8-15(18)17(21)19-13-14-9-4-5-10-16(14)24(22,23)20-11-6-3-7-12-20/h4-5,9-10,15H,2-3,6-8,11-13,18H2,1H3,(H,19,21). The van der Waals surface area contributed by atoms with Crippen LogP contribution in [-0.4, -0.2) is 37.8 Å². The first-order valence-corrected chi connectivity index (χ1v) is 10.0. The number of hydrogen-bond acceptors (Lipinski definition) is 4. The lowest BCUT2D eigenvalue weighted by Crippen LogP contribution is -2.40. The fourth-order valence-electron chi connectivity index (χ4n) is 2.90. The average molecular weight is 353 g/mol. The summed E-state index contributed by atoms with van der Waals surface area (Å²) in [5.74, 6) is -0.248. The summed E-state index contributed by atoms with van der Waals surface area (Å²) in [4.78, 5) is 12.2. The van der Waals surface area contributed by atoms with Gasteiger partial charge in [-0.15, -0.1) is 0 Å². The molecule has 0 aliphatic carbocycles. The highest BCUT2D eigenvalue weighted by Crippen LogP contribution is 2.23. The van der Waals surface area contributed by atoms with Crippen molar-refractivity contribution < 1.29 is 13.2 Å². The Morgan fingerprint density at radius 2 is 1.92 bits per heavy atom. The summed E-state index contributed by atoms with van der Waals surface area (Å²) >= 11 is 0. The summed E-state index contributed by atoms with van der Waals surface area (Å²) in [5.41, 5.74) is 6.39. The van der Waals surface area contributed by atoms with E-state index in [2.05, 4.69) is 5.32 Å². The number of sulfonamides is 1. The smallest absolute Gasteiger partial charge is 0.243 e. The quantitative estimate of drug-likeness (QED) is 0.779.